The summed E-state index contributed by atoms with van der Waals surface area (Å²) in [6.45, 7) is 0. The fourth-order valence-electron chi connectivity index (χ4n) is 8.33. The fraction of sp³-hybridized carbons (Fsp3) is 0. The third kappa shape index (κ3) is 5.37. The summed E-state index contributed by atoms with van der Waals surface area (Å²) in [6, 6.07) is 72.1. The van der Waals surface area contributed by atoms with Gasteiger partial charge in [0.05, 0.1) is 34.3 Å². The second kappa shape index (κ2) is 13.5. The van der Waals surface area contributed by atoms with Gasteiger partial charge in [-0.2, -0.15) is 10.5 Å². The van der Waals surface area contributed by atoms with E-state index in [2.05, 4.69) is 173 Å². The molecule has 56 heavy (non-hydrogen) atoms. The Labute approximate surface area is 324 Å². The minimum atomic E-state index is 0.622. The molecule has 0 spiro atoms. The van der Waals surface area contributed by atoms with Crippen molar-refractivity contribution >= 4 is 60.4 Å². The molecular weight excluding hydrogens is 681 g/mol. The Kier molecular flexibility index (Phi) is 7.88. The molecule has 0 saturated carbocycles. The molecule has 0 N–H and O–H groups in total. The third-order valence-corrected chi connectivity index (χ3v) is 10.8. The van der Waals surface area contributed by atoms with E-state index in [9.17, 15) is 10.5 Å². The Morgan fingerprint density at radius 2 is 0.786 bits per heavy atom. The summed E-state index contributed by atoms with van der Waals surface area (Å²) in [4.78, 5) is 2.31. The number of aromatic nitrogens is 1. The summed E-state index contributed by atoms with van der Waals surface area (Å²) < 4.78 is 2.34. The number of benzene rings is 9. The van der Waals surface area contributed by atoms with Gasteiger partial charge in [0, 0.05) is 33.5 Å². The first-order valence-corrected chi connectivity index (χ1v) is 18.6. The van der Waals surface area contributed by atoms with Crippen molar-refractivity contribution in [2.75, 3.05) is 4.90 Å². The molecular formula is C52H32N4. The molecule has 1 aromatic heterocycles. The van der Waals surface area contributed by atoms with Crippen molar-refractivity contribution in [1.29, 1.82) is 10.5 Å². The van der Waals surface area contributed by atoms with Crippen LogP contribution in [-0.2, 0) is 0 Å². The molecule has 10 aromatic rings. The number of nitrogens with zero attached hydrogens (tertiary/aromatic N) is 4. The van der Waals surface area contributed by atoms with Gasteiger partial charge in [-0.05, 0) is 129 Å². The molecule has 0 aliphatic carbocycles. The van der Waals surface area contributed by atoms with Gasteiger partial charge in [0.2, 0.25) is 0 Å². The Bertz CT molecular complexity index is 3130. The number of para-hydroxylation sites is 3. The molecule has 0 bridgehead atoms. The molecule has 260 valence electrons. The smallest absolute Gasteiger partial charge is 0.0991 e. The van der Waals surface area contributed by atoms with Gasteiger partial charge in [-0.3, -0.25) is 0 Å². The average Bonchev–Trinajstić information content (AvgIpc) is 3.61. The Balaban J connectivity index is 1.20. The lowest BCUT2D eigenvalue weighted by Gasteiger charge is -2.27. The predicted octanol–water partition coefficient (Wildman–Crippen LogP) is 13.6. The van der Waals surface area contributed by atoms with Crippen LogP contribution < -0.4 is 4.90 Å². The van der Waals surface area contributed by atoms with E-state index in [1.165, 1.54) is 21.8 Å². The first-order valence-electron chi connectivity index (χ1n) is 18.6. The van der Waals surface area contributed by atoms with E-state index in [1.54, 1.807) is 0 Å². The molecule has 0 saturated heterocycles. The van der Waals surface area contributed by atoms with E-state index >= 15 is 0 Å². The zero-order chi connectivity index (χ0) is 37.6. The Morgan fingerprint density at radius 3 is 1.32 bits per heavy atom. The summed E-state index contributed by atoms with van der Waals surface area (Å²) in [5.74, 6) is 0. The molecule has 1 heterocycles. The van der Waals surface area contributed by atoms with Crippen molar-refractivity contribution in [2.24, 2.45) is 0 Å². The van der Waals surface area contributed by atoms with Crippen LogP contribution in [0.3, 0.4) is 0 Å². The van der Waals surface area contributed by atoms with Gasteiger partial charge in [0.1, 0.15) is 0 Å². The summed E-state index contributed by atoms with van der Waals surface area (Å²) in [5.41, 5.74) is 12.1. The predicted molar refractivity (Wildman–Crippen MR) is 231 cm³/mol. The van der Waals surface area contributed by atoms with Gasteiger partial charge < -0.3 is 9.47 Å². The molecule has 4 heteroatoms. The number of rotatable bonds is 6. The van der Waals surface area contributed by atoms with Gasteiger partial charge in [-0.25, -0.2) is 0 Å². The van der Waals surface area contributed by atoms with Crippen LogP contribution in [0.2, 0.25) is 0 Å². The zero-order valence-electron chi connectivity index (χ0n) is 30.3. The van der Waals surface area contributed by atoms with Crippen LogP contribution in [0.25, 0.3) is 71.3 Å². The lowest BCUT2D eigenvalue weighted by Crippen LogP contribution is -2.10. The molecule has 4 nitrogen and oxygen atoms in total. The number of hydrogen-bond donors (Lipinski definition) is 0. The second-order valence-corrected chi connectivity index (χ2v) is 14.0. The Hall–Kier alpha value is -7.92. The fourth-order valence-corrected chi connectivity index (χ4v) is 8.33. The molecule has 0 amide bonds. The topological polar surface area (TPSA) is 55.8 Å². The van der Waals surface area contributed by atoms with Gasteiger partial charge in [-0.1, -0.05) is 109 Å². The van der Waals surface area contributed by atoms with Crippen LogP contribution in [0.5, 0.6) is 0 Å². The standard InChI is InChI=1S/C52H32N4/c53-33-35-18-22-37(23-19-35)51-45-14-4-5-15-46(45)52(38-24-20-36(34-54)21-25-38)48-32-42(30-31-47(48)51)55(39-10-2-1-3-11-39)40-26-28-41(29-27-40)56-49-16-8-6-12-43(49)44-13-7-9-17-50(44)56/h1-32H. The highest BCUT2D eigenvalue weighted by Crippen LogP contribution is 2.46. The van der Waals surface area contributed by atoms with Crippen molar-refractivity contribution in [3.63, 3.8) is 0 Å². The molecule has 0 fully saturated rings. The Morgan fingerprint density at radius 1 is 0.357 bits per heavy atom. The maximum Gasteiger partial charge on any atom is 0.0991 e. The molecule has 0 aliphatic heterocycles. The van der Waals surface area contributed by atoms with Crippen LogP contribution in [0, 0.1) is 22.7 Å². The lowest BCUT2D eigenvalue weighted by atomic mass is 9.85. The molecule has 9 aromatic carbocycles. The van der Waals surface area contributed by atoms with E-state index in [0.29, 0.717) is 11.1 Å². The van der Waals surface area contributed by atoms with Gasteiger partial charge in [-0.15, -0.1) is 0 Å². The van der Waals surface area contributed by atoms with Crippen LogP contribution in [-0.4, -0.2) is 4.57 Å². The first-order chi connectivity index (χ1) is 27.7. The van der Waals surface area contributed by atoms with E-state index in [1.807, 2.05) is 42.5 Å². The maximum absolute atomic E-state index is 9.64. The number of anilines is 3. The number of nitriles is 2. The van der Waals surface area contributed by atoms with E-state index < -0.39 is 0 Å². The van der Waals surface area contributed by atoms with Gasteiger partial charge in [0.15, 0.2) is 0 Å². The largest absolute Gasteiger partial charge is 0.310 e. The zero-order valence-corrected chi connectivity index (χ0v) is 30.3. The van der Waals surface area contributed by atoms with Crippen LogP contribution in [0.4, 0.5) is 17.1 Å². The van der Waals surface area contributed by atoms with Crippen molar-refractivity contribution in [3.05, 3.63) is 205 Å². The van der Waals surface area contributed by atoms with Gasteiger partial charge in [0.25, 0.3) is 0 Å². The average molecular weight is 713 g/mol. The van der Waals surface area contributed by atoms with Crippen molar-refractivity contribution < 1.29 is 0 Å². The van der Waals surface area contributed by atoms with Crippen molar-refractivity contribution in [2.45, 2.75) is 0 Å². The highest BCUT2D eigenvalue weighted by molar-refractivity contribution is 6.22. The number of fused-ring (bicyclic) bond motifs is 5. The van der Waals surface area contributed by atoms with Crippen LogP contribution in [0.1, 0.15) is 11.1 Å². The highest BCUT2D eigenvalue weighted by Gasteiger charge is 2.20. The number of hydrogen-bond acceptors (Lipinski definition) is 3. The third-order valence-electron chi connectivity index (χ3n) is 10.8. The second-order valence-electron chi connectivity index (χ2n) is 14.0. The quantitative estimate of drug-likeness (QED) is 0.161. The van der Waals surface area contributed by atoms with Crippen molar-refractivity contribution in [1.82, 2.24) is 4.57 Å². The van der Waals surface area contributed by atoms with E-state index in [-0.39, 0.29) is 0 Å². The molecule has 0 aliphatic rings. The molecule has 0 atom stereocenters. The molecule has 10 rings (SSSR count). The SMILES string of the molecule is N#Cc1ccc(-c2c3ccccc3c(-c3ccc(C#N)cc3)c3cc(N(c4ccccc4)c4ccc(-n5c6ccccc6c6ccccc65)cc4)ccc23)cc1. The molecule has 0 radical (unpaired) electrons. The van der Waals surface area contributed by atoms with Crippen LogP contribution in [0.15, 0.2) is 194 Å². The molecule has 0 unspecified atom stereocenters. The minimum absolute atomic E-state index is 0.622. The maximum atomic E-state index is 9.64. The summed E-state index contributed by atoms with van der Waals surface area (Å²) in [5, 5.41) is 26.1. The van der Waals surface area contributed by atoms with E-state index in [0.717, 1.165) is 66.5 Å². The summed E-state index contributed by atoms with van der Waals surface area (Å²) >= 11 is 0. The van der Waals surface area contributed by atoms with Crippen molar-refractivity contribution in [3.8, 4) is 40.1 Å². The monoisotopic (exact) mass is 712 g/mol. The normalized spacial score (nSPS) is 11.2. The summed E-state index contributed by atoms with van der Waals surface area (Å²) in [7, 11) is 0. The highest BCUT2D eigenvalue weighted by atomic mass is 15.1. The van der Waals surface area contributed by atoms with E-state index in [4.69, 9.17) is 0 Å². The lowest BCUT2D eigenvalue weighted by molar-refractivity contribution is 1.17. The van der Waals surface area contributed by atoms with Gasteiger partial charge >= 0.3 is 0 Å². The first kappa shape index (κ1) is 32.7. The summed E-state index contributed by atoms with van der Waals surface area (Å²) in [6.07, 6.45) is 0. The van der Waals surface area contributed by atoms with Crippen LogP contribution >= 0.6 is 0 Å². The minimum Gasteiger partial charge on any atom is -0.310 e.